The normalized spacial score (nSPS) is 16.4. The van der Waals surface area contributed by atoms with Crippen molar-refractivity contribution in [2.75, 3.05) is 10.5 Å². The summed E-state index contributed by atoms with van der Waals surface area (Å²) in [7, 11) is -7.72. The first-order chi connectivity index (χ1) is 16.1. The van der Waals surface area contributed by atoms with Gasteiger partial charge in [-0.2, -0.15) is 17.9 Å². The van der Waals surface area contributed by atoms with Crippen LogP contribution in [0.4, 0.5) is 10.1 Å². The van der Waals surface area contributed by atoms with E-state index in [0.717, 1.165) is 4.41 Å². The molecule has 11 heteroatoms. The predicted molar refractivity (Wildman–Crippen MR) is 130 cm³/mol. The van der Waals surface area contributed by atoms with Crippen molar-refractivity contribution in [3.05, 3.63) is 94.8 Å². The number of nitrogens with zero attached hydrogens (tertiary/aromatic N) is 2. The van der Waals surface area contributed by atoms with Crippen molar-refractivity contribution >= 4 is 43.0 Å². The highest BCUT2D eigenvalue weighted by atomic mass is 35.5. The lowest BCUT2D eigenvalue weighted by Crippen LogP contribution is -2.27. The zero-order valence-corrected chi connectivity index (χ0v) is 20.4. The van der Waals surface area contributed by atoms with Gasteiger partial charge >= 0.3 is 0 Å². The molecule has 0 fully saturated rings. The van der Waals surface area contributed by atoms with Crippen molar-refractivity contribution in [2.24, 2.45) is 5.10 Å². The number of benzene rings is 3. The second-order valence-electron chi connectivity index (χ2n) is 7.60. The zero-order chi connectivity index (χ0) is 24.5. The van der Waals surface area contributed by atoms with Crippen LogP contribution in [0.5, 0.6) is 0 Å². The maximum Gasteiger partial charge on any atom is 0.279 e. The number of hydrogen-bond acceptors (Lipinski definition) is 5. The van der Waals surface area contributed by atoms with E-state index in [9.17, 15) is 21.2 Å². The van der Waals surface area contributed by atoms with E-state index in [1.54, 1.807) is 30.3 Å². The Balaban J connectivity index is 1.83. The molecular weight excluding hydrogens is 501 g/mol. The molecule has 0 aliphatic carbocycles. The molecule has 1 unspecified atom stereocenters. The third kappa shape index (κ3) is 4.94. The summed E-state index contributed by atoms with van der Waals surface area (Å²) in [5, 5.41) is 4.78. The van der Waals surface area contributed by atoms with Crippen molar-refractivity contribution in [3.63, 3.8) is 0 Å². The minimum Gasteiger partial charge on any atom is -0.283 e. The Labute approximate surface area is 203 Å². The van der Waals surface area contributed by atoms with E-state index >= 15 is 0 Å². The van der Waals surface area contributed by atoms with E-state index in [-0.39, 0.29) is 22.8 Å². The molecule has 1 heterocycles. The highest BCUT2D eigenvalue weighted by Crippen LogP contribution is 2.38. The smallest absolute Gasteiger partial charge is 0.279 e. The third-order valence-corrected chi connectivity index (χ3v) is 8.59. The van der Waals surface area contributed by atoms with Gasteiger partial charge in [-0.05, 0) is 55.0 Å². The molecule has 1 aliphatic heterocycles. The summed E-state index contributed by atoms with van der Waals surface area (Å²) in [5.41, 5.74) is 1.49. The lowest BCUT2D eigenvalue weighted by molar-refractivity contribution is 0.370. The summed E-state index contributed by atoms with van der Waals surface area (Å²) in [6, 6.07) is 17.1. The molecule has 0 radical (unpaired) electrons. The molecule has 0 saturated carbocycles. The van der Waals surface area contributed by atoms with Crippen molar-refractivity contribution < 1.29 is 21.2 Å². The summed E-state index contributed by atoms with van der Waals surface area (Å²) < 4.78 is 68.9. The van der Waals surface area contributed by atoms with Crippen LogP contribution in [0.2, 0.25) is 5.02 Å². The van der Waals surface area contributed by atoms with Crippen molar-refractivity contribution in [1.82, 2.24) is 4.41 Å². The predicted octanol–water partition coefficient (Wildman–Crippen LogP) is 4.78. The molecule has 1 N–H and O–H groups in total. The maximum atomic E-state index is 14.0. The molecule has 1 aliphatic rings. The van der Waals surface area contributed by atoms with Gasteiger partial charge in [-0.3, -0.25) is 4.72 Å². The van der Waals surface area contributed by atoms with E-state index in [0.29, 0.717) is 21.9 Å². The number of anilines is 1. The Bertz CT molecular complexity index is 1460. The van der Waals surface area contributed by atoms with Crippen LogP contribution in [0.15, 0.2) is 82.8 Å². The molecule has 0 aromatic heterocycles. The Kier molecular flexibility index (Phi) is 6.66. The van der Waals surface area contributed by atoms with Gasteiger partial charge < -0.3 is 0 Å². The number of hydrazone groups is 1. The average molecular weight is 522 g/mol. The van der Waals surface area contributed by atoms with Crippen LogP contribution in [0, 0.1) is 5.82 Å². The van der Waals surface area contributed by atoms with Gasteiger partial charge in [0.05, 0.1) is 28.1 Å². The summed E-state index contributed by atoms with van der Waals surface area (Å²) in [5.74, 6) is -0.637. The molecule has 34 heavy (non-hydrogen) atoms. The molecule has 0 saturated heterocycles. The Morgan fingerprint density at radius 1 is 1.03 bits per heavy atom. The minimum absolute atomic E-state index is 0.0247. The van der Waals surface area contributed by atoms with Gasteiger partial charge in [0, 0.05) is 17.0 Å². The van der Waals surface area contributed by atoms with Crippen LogP contribution in [-0.2, 0) is 20.0 Å². The zero-order valence-electron chi connectivity index (χ0n) is 18.0. The van der Waals surface area contributed by atoms with Crippen molar-refractivity contribution in [2.45, 2.75) is 24.3 Å². The Hall–Kier alpha value is -2.95. The molecular formula is C23H21ClFN3O4S2. The fourth-order valence-electron chi connectivity index (χ4n) is 3.61. The summed E-state index contributed by atoms with van der Waals surface area (Å²) >= 11 is 5.92. The number of halogens is 2. The average Bonchev–Trinajstić information content (AvgIpc) is 3.26. The van der Waals surface area contributed by atoms with Crippen LogP contribution >= 0.6 is 11.6 Å². The SMILES string of the molecule is CCS(=O)(=O)Nc1ccccc1C1=NN(S(=O)(=O)c2ccc(Cl)cc2)C(c2cccc(F)c2)C1. The summed E-state index contributed by atoms with van der Waals surface area (Å²) in [4.78, 5) is -0.0247. The van der Waals surface area contributed by atoms with Crippen LogP contribution in [0.1, 0.15) is 30.5 Å². The van der Waals surface area contributed by atoms with Crippen LogP contribution in [-0.4, -0.2) is 32.7 Å². The highest BCUT2D eigenvalue weighted by Gasteiger charge is 2.38. The van der Waals surface area contributed by atoms with Gasteiger partial charge in [-0.15, -0.1) is 0 Å². The number of para-hydroxylation sites is 1. The first kappa shape index (κ1) is 24.2. The topological polar surface area (TPSA) is 95.9 Å². The van der Waals surface area contributed by atoms with Crippen LogP contribution in [0.3, 0.4) is 0 Å². The third-order valence-electron chi connectivity index (χ3n) is 5.35. The second kappa shape index (κ2) is 9.36. The molecule has 178 valence electrons. The van der Waals surface area contributed by atoms with E-state index in [2.05, 4.69) is 9.82 Å². The van der Waals surface area contributed by atoms with Crippen LogP contribution < -0.4 is 4.72 Å². The Morgan fingerprint density at radius 3 is 2.41 bits per heavy atom. The van der Waals surface area contributed by atoms with Crippen molar-refractivity contribution in [1.29, 1.82) is 0 Å². The Morgan fingerprint density at radius 2 is 1.74 bits per heavy atom. The molecule has 3 aromatic carbocycles. The van der Waals surface area contributed by atoms with E-state index < -0.39 is 31.9 Å². The minimum atomic E-state index is -4.13. The van der Waals surface area contributed by atoms with Crippen LogP contribution in [0.25, 0.3) is 0 Å². The lowest BCUT2D eigenvalue weighted by Gasteiger charge is -2.23. The van der Waals surface area contributed by atoms with Gasteiger partial charge in [0.2, 0.25) is 10.0 Å². The molecule has 1 atom stereocenters. The second-order valence-corrected chi connectivity index (χ2v) is 11.8. The number of hydrogen-bond donors (Lipinski definition) is 1. The first-order valence-corrected chi connectivity index (χ1v) is 13.8. The fourth-order valence-corrected chi connectivity index (χ4v) is 5.83. The fraction of sp³-hybridized carbons (Fsp3) is 0.174. The largest absolute Gasteiger partial charge is 0.283 e. The van der Waals surface area contributed by atoms with Gasteiger partial charge in [-0.1, -0.05) is 41.9 Å². The van der Waals surface area contributed by atoms with E-state index in [4.69, 9.17) is 11.6 Å². The molecule has 0 spiro atoms. The molecule has 3 aromatic rings. The molecule has 4 rings (SSSR count). The summed E-state index contributed by atoms with van der Waals surface area (Å²) in [6.45, 7) is 1.51. The maximum absolute atomic E-state index is 14.0. The van der Waals surface area contributed by atoms with E-state index in [1.807, 2.05) is 0 Å². The molecule has 0 amide bonds. The first-order valence-electron chi connectivity index (χ1n) is 10.3. The molecule has 7 nitrogen and oxygen atoms in total. The highest BCUT2D eigenvalue weighted by molar-refractivity contribution is 7.92. The van der Waals surface area contributed by atoms with Crippen molar-refractivity contribution in [3.8, 4) is 0 Å². The summed E-state index contributed by atoms with van der Waals surface area (Å²) in [6.07, 6.45) is 0.112. The quantitative estimate of drug-likeness (QED) is 0.484. The lowest BCUT2D eigenvalue weighted by atomic mass is 9.98. The number of rotatable bonds is 7. The molecule has 0 bridgehead atoms. The van der Waals surface area contributed by atoms with Gasteiger partial charge in [0.25, 0.3) is 10.0 Å². The van der Waals surface area contributed by atoms with Gasteiger partial charge in [0.15, 0.2) is 0 Å². The number of sulfonamides is 2. The van der Waals surface area contributed by atoms with E-state index in [1.165, 1.54) is 49.4 Å². The standard InChI is InChI=1S/C23H21ClFN3O4S2/c1-2-33(29,30)27-21-9-4-3-8-20(21)22-15-23(16-6-5-7-18(25)14-16)28(26-22)34(31,32)19-12-10-17(24)11-13-19/h3-14,23,27H,2,15H2,1H3. The monoisotopic (exact) mass is 521 g/mol. The van der Waals surface area contributed by atoms with Gasteiger partial charge in [0.1, 0.15) is 5.82 Å². The van der Waals surface area contributed by atoms with Gasteiger partial charge in [-0.25, -0.2) is 12.8 Å². The number of nitrogens with one attached hydrogen (secondary N) is 1.